The van der Waals surface area contributed by atoms with Gasteiger partial charge in [-0.05, 0) is 48.9 Å². The van der Waals surface area contributed by atoms with Crippen molar-refractivity contribution in [3.63, 3.8) is 0 Å². The highest BCUT2D eigenvalue weighted by Crippen LogP contribution is 2.45. The van der Waals surface area contributed by atoms with Crippen molar-refractivity contribution in [2.45, 2.75) is 43.1 Å². The minimum Gasteiger partial charge on any atom is -0.380 e. The average molecular weight is 360 g/mol. The van der Waals surface area contributed by atoms with Gasteiger partial charge in [-0.2, -0.15) is 8.42 Å². The lowest BCUT2D eigenvalue weighted by Gasteiger charge is -2.35. The fraction of sp³-hybridized carbons (Fsp3) is 0.400. The third-order valence-corrected chi connectivity index (χ3v) is 6.41. The first kappa shape index (κ1) is 18.1. The highest BCUT2D eigenvalue weighted by Gasteiger charge is 2.41. The Morgan fingerprint density at radius 2 is 1.56 bits per heavy atom. The van der Waals surface area contributed by atoms with Crippen molar-refractivity contribution in [3.8, 4) is 0 Å². The largest absolute Gasteiger partial charge is 0.380 e. The Morgan fingerprint density at radius 3 is 2.12 bits per heavy atom. The summed E-state index contributed by atoms with van der Waals surface area (Å²) in [4.78, 5) is 0.111. The van der Waals surface area contributed by atoms with Crippen LogP contribution in [0, 0.1) is 5.92 Å². The van der Waals surface area contributed by atoms with Gasteiger partial charge in [0.1, 0.15) is 5.60 Å². The number of hydrogen-bond donors (Lipinski definition) is 1. The lowest BCUT2D eigenvalue weighted by Crippen LogP contribution is -2.35. The van der Waals surface area contributed by atoms with E-state index in [0.717, 1.165) is 36.8 Å². The Labute approximate surface area is 149 Å². The molecule has 0 aromatic heterocycles. The van der Waals surface area contributed by atoms with E-state index in [1.165, 1.54) is 12.1 Å². The van der Waals surface area contributed by atoms with E-state index in [0.29, 0.717) is 0 Å². The van der Waals surface area contributed by atoms with Crippen LogP contribution in [0.3, 0.4) is 0 Å². The van der Waals surface area contributed by atoms with E-state index < -0.39 is 15.7 Å². The van der Waals surface area contributed by atoms with Gasteiger partial charge in [0.2, 0.25) is 0 Å². The highest BCUT2D eigenvalue weighted by molar-refractivity contribution is 7.86. The maximum absolute atomic E-state index is 12.0. The Bertz CT molecular complexity index is 793. The molecule has 0 bridgehead atoms. The monoisotopic (exact) mass is 360 g/mol. The molecule has 1 aliphatic carbocycles. The van der Waals surface area contributed by atoms with E-state index in [-0.39, 0.29) is 17.4 Å². The molecular formula is C20H24O4S. The zero-order valence-electron chi connectivity index (χ0n) is 14.4. The topological polar surface area (TPSA) is 63.6 Å². The van der Waals surface area contributed by atoms with Crippen molar-refractivity contribution < 1.29 is 17.7 Å². The third kappa shape index (κ3) is 3.50. The van der Waals surface area contributed by atoms with Crippen molar-refractivity contribution in [2.75, 3.05) is 6.61 Å². The van der Waals surface area contributed by atoms with Crippen LogP contribution in [0.15, 0.2) is 59.5 Å². The SMILES string of the molecule is CCOS(=O)(=O)c1ccc(C(O)(c2ccccc2)C2CCCC2)cc1. The quantitative estimate of drug-likeness (QED) is 0.795. The molecule has 1 atom stereocenters. The van der Waals surface area contributed by atoms with Gasteiger partial charge in [0, 0.05) is 0 Å². The van der Waals surface area contributed by atoms with Gasteiger partial charge in [-0.25, -0.2) is 0 Å². The lowest BCUT2D eigenvalue weighted by atomic mass is 9.75. The molecule has 3 rings (SSSR count). The van der Waals surface area contributed by atoms with Crippen LogP contribution < -0.4 is 0 Å². The molecule has 1 aliphatic rings. The summed E-state index contributed by atoms with van der Waals surface area (Å²) in [6.45, 7) is 1.74. The maximum Gasteiger partial charge on any atom is 0.296 e. The zero-order valence-corrected chi connectivity index (χ0v) is 15.2. The van der Waals surface area contributed by atoms with Crippen LogP contribution in [0.25, 0.3) is 0 Å². The van der Waals surface area contributed by atoms with Crippen molar-refractivity contribution in [3.05, 3.63) is 65.7 Å². The summed E-state index contributed by atoms with van der Waals surface area (Å²) in [6, 6.07) is 16.1. The second kappa shape index (κ2) is 7.28. The summed E-state index contributed by atoms with van der Waals surface area (Å²) in [5.41, 5.74) is 0.467. The molecule has 0 saturated heterocycles. The van der Waals surface area contributed by atoms with Gasteiger partial charge in [0.15, 0.2) is 0 Å². The van der Waals surface area contributed by atoms with Crippen LogP contribution in [0.4, 0.5) is 0 Å². The van der Waals surface area contributed by atoms with Gasteiger partial charge in [0.25, 0.3) is 10.1 Å². The molecule has 2 aromatic carbocycles. The fourth-order valence-corrected chi connectivity index (χ4v) is 4.69. The summed E-state index contributed by atoms with van der Waals surface area (Å²) in [6.07, 6.45) is 4.14. The first-order chi connectivity index (χ1) is 12.0. The number of aliphatic hydroxyl groups is 1. The first-order valence-corrected chi connectivity index (χ1v) is 10.2. The number of hydrogen-bond acceptors (Lipinski definition) is 4. The molecule has 0 radical (unpaired) electrons. The number of rotatable bonds is 6. The van der Waals surface area contributed by atoms with E-state index in [1.807, 2.05) is 30.3 Å². The molecule has 0 spiro atoms. The highest BCUT2D eigenvalue weighted by atomic mass is 32.2. The summed E-state index contributed by atoms with van der Waals surface area (Å²) < 4.78 is 28.9. The Kier molecular flexibility index (Phi) is 5.27. The molecule has 5 heteroatoms. The Balaban J connectivity index is 2.03. The van der Waals surface area contributed by atoms with E-state index >= 15 is 0 Å². The van der Waals surface area contributed by atoms with Crippen molar-refractivity contribution >= 4 is 10.1 Å². The van der Waals surface area contributed by atoms with Crippen LogP contribution in [-0.2, 0) is 19.9 Å². The summed E-state index contributed by atoms with van der Waals surface area (Å²) in [5.74, 6) is 0.129. The standard InChI is InChI=1S/C20H24O4S/c1-2-24-25(22,23)19-14-12-18(13-15-19)20(21,17-10-6-7-11-17)16-8-4-3-5-9-16/h3-5,8-9,12-15,17,21H,2,6-7,10-11H2,1H3. The van der Waals surface area contributed by atoms with Gasteiger partial charge >= 0.3 is 0 Å². The van der Waals surface area contributed by atoms with Crippen LogP contribution in [-0.4, -0.2) is 20.1 Å². The molecule has 1 unspecified atom stereocenters. The first-order valence-electron chi connectivity index (χ1n) is 8.76. The molecule has 134 valence electrons. The number of benzene rings is 2. The van der Waals surface area contributed by atoms with Crippen molar-refractivity contribution in [1.29, 1.82) is 0 Å². The maximum atomic E-state index is 12.0. The van der Waals surface area contributed by atoms with E-state index in [4.69, 9.17) is 4.18 Å². The van der Waals surface area contributed by atoms with Gasteiger partial charge < -0.3 is 5.11 Å². The summed E-state index contributed by atoms with van der Waals surface area (Å²) in [7, 11) is -3.74. The Hall–Kier alpha value is -1.69. The molecule has 2 aromatic rings. The smallest absolute Gasteiger partial charge is 0.296 e. The molecule has 4 nitrogen and oxygen atoms in total. The molecule has 0 amide bonds. The molecule has 1 saturated carbocycles. The predicted octanol–water partition coefficient (Wildman–Crippen LogP) is 3.84. The third-order valence-electron chi connectivity index (χ3n) is 5.02. The molecule has 1 fully saturated rings. The van der Waals surface area contributed by atoms with Gasteiger partial charge in [-0.3, -0.25) is 4.18 Å². The second-order valence-corrected chi connectivity index (χ2v) is 8.11. The van der Waals surface area contributed by atoms with Gasteiger partial charge in [-0.1, -0.05) is 55.3 Å². The van der Waals surface area contributed by atoms with Crippen LogP contribution >= 0.6 is 0 Å². The molecule has 25 heavy (non-hydrogen) atoms. The molecule has 0 aliphatic heterocycles. The summed E-state index contributed by atoms with van der Waals surface area (Å²) >= 11 is 0. The summed E-state index contributed by atoms with van der Waals surface area (Å²) in [5, 5.41) is 11.7. The van der Waals surface area contributed by atoms with E-state index in [1.54, 1.807) is 19.1 Å². The normalized spacial score (nSPS) is 18.2. The van der Waals surface area contributed by atoms with Gasteiger partial charge in [-0.15, -0.1) is 0 Å². The zero-order chi connectivity index (χ0) is 17.9. The fourth-order valence-electron chi connectivity index (χ4n) is 3.77. The van der Waals surface area contributed by atoms with Crippen molar-refractivity contribution in [2.24, 2.45) is 5.92 Å². The molecule has 0 heterocycles. The van der Waals surface area contributed by atoms with Crippen LogP contribution in [0.2, 0.25) is 0 Å². The second-order valence-electron chi connectivity index (χ2n) is 6.50. The lowest BCUT2D eigenvalue weighted by molar-refractivity contribution is 0.0188. The van der Waals surface area contributed by atoms with Crippen molar-refractivity contribution in [1.82, 2.24) is 0 Å². The minimum atomic E-state index is -3.74. The predicted molar refractivity (Wildman–Crippen MR) is 96.7 cm³/mol. The van der Waals surface area contributed by atoms with E-state index in [2.05, 4.69) is 0 Å². The van der Waals surface area contributed by atoms with E-state index in [9.17, 15) is 13.5 Å². The van der Waals surface area contributed by atoms with Gasteiger partial charge in [0.05, 0.1) is 11.5 Å². The molecule has 1 N–H and O–H groups in total. The Morgan fingerprint density at radius 1 is 1.00 bits per heavy atom. The van der Waals surface area contributed by atoms with Crippen LogP contribution in [0.5, 0.6) is 0 Å². The van der Waals surface area contributed by atoms with Crippen LogP contribution in [0.1, 0.15) is 43.7 Å². The average Bonchev–Trinajstić information content (AvgIpc) is 3.17. The molecular weight excluding hydrogens is 336 g/mol. The minimum absolute atomic E-state index is 0.0973.